The maximum atomic E-state index is 12.4. The number of nitrogens with zero attached hydrogens (tertiary/aromatic N) is 3. The minimum Gasteiger partial charge on any atom is -0.345 e. The first-order chi connectivity index (χ1) is 10.7. The largest absolute Gasteiger partial charge is 0.401 e. The summed E-state index contributed by atoms with van der Waals surface area (Å²) < 4.78 is 64.4. The molecule has 3 rings (SSSR count). The average Bonchev–Trinajstić information content (AvgIpc) is 3.03. The van der Waals surface area contributed by atoms with Gasteiger partial charge in [-0.25, -0.2) is 23.1 Å². The summed E-state index contributed by atoms with van der Waals surface area (Å²) in [4.78, 5) is 11.6. The molecule has 0 saturated carbocycles. The molecule has 0 bridgehead atoms. The summed E-state index contributed by atoms with van der Waals surface area (Å²) >= 11 is 0. The zero-order chi connectivity index (χ0) is 16.7. The van der Waals surface area contributed by atoms with E-state index in [9.17, 15) is 21.6 Å². The number of likely N-dealkylation sites (tertiary alicyclic amines) is 1. The topological polar surface area (TPSA) is 91.0 Å². The molecular formula is C12H14F3N5O2S. The number of hydrogen-bond acceptors (Lipinski definition) is 5. The molecule has 2 aromatic heterocycles. The molecular weight excluding hydrogens is 335 g/mol. The number of rotatable bonds is 4. The smallest absolute Gasteiger partial charge is 0.345 e. The van der Waals surface area contributed by atoms with Gasteiger partial charge in [-0.3, -0.25) is 4.90 Å². The normalized spacial score (nSPS) is 20.4. The Hall–Kier alpha value is -1.72. The number of halogens is 3. The van der Waals surface area contributed by atoms with Crippen LogP contribution in [0.5, 0.6) is 0 Å². The van der Waals surface area contributed by atoms with E-state index in [4.69, 9.17) is 0 Å². The molecule has 0 aliphatic carbocycles. The molecule has 0 aromatic carbocycles. The summed E-state index contributed by atoms with van der Waals surface area (Å²) in [5, 5.41) is 0.338. The summed E-state index contributed by atoms with van der Waals surface area (Å²) in [6, 6.07) is -0.558. The Kier molecular flexibility index (Phi) is 4.02. The molecule has 3 heterocycles. The Balaban J connectivity index is 1.73. The fraction of sp³-hybridized carbons (Fsp3) is 0.500. The molecule has 0 spiro atoms. The van der Waals surface area contributed by atoms with Gasteiger partial charge in [-0.1, -0.05) is 0 Å². The Bertz CT molecular complexity index is 804. The van der Waals surface area contributed by atoms with Crippen molar-refractivity contribution in [1.82, 2.24) is 24.6 Å². The predicted molar refractivity (Wildman–Crippen MR) is 75.1 cm³/mol. The highest BCUT2D eigenvalue weighted by Gasteiger charge is 2.35. The number of alkyl halides is 3. The zero-order valence-corrected chi connectivity index (χ0v) is 12.7. The number of H-pyrrole nitrogens is 1. The van der Waals surface area contributed by atoms with E-state index >= 15 is 0 Å². The first kappa shape index (κ1) is 16.1. The highest BCUT2D eigenvalue weighted by atomic mass is 32.2. The number of hydrogen-bond donors (Lipinski definition) is 2. The third kappa shape index (κ3) is 3.62. The van der Waals surface area contributed by atoms with E-state index in [1.165, 1.54) is 23.6 Å². The summed E-state index contributed by atoms with van der Waals surface area (Å²) in [5.41, 5.74) is 0.380. The lowest BCUT2D eigenvalue weighted by Crippen LogP contribution is -2.39. The second-order valence-corrected chi connectivity index (χ2v) is 7.08. The van der Waals surface area contributed by atoms with Crippen LogP contribution in [0.15, 0.2) is 23.6 Å². The minimum atomic E-state index is -4.29. The molecule has 2 aromatic rings. The summed E-state index contributed by atoms with van der Waals surface area (Å²) in [5.74, 6) is 0. The van der Waals surface area contributed by atoms with Gasteiger partial charge in [0, 0.05) is 31.5 Å². The van der Waals surface area contributed by atoms with Crippen molar-refractivity contribution >= 4 is 21.1 Å². The highest BCUT2D eigenvalue weighted by molar-refractivity contribution is 7.89. The van der Waals surface area contributed by atoms with Crippen LogP contribution in [0.1, 0.15) is 6.42 Å². The van der Waals surface area contributed by atoms with Gasteiger partial charge in [0.15, 0.2) is 0 Å². The van der Waals surface area contributed by atoms with Crippen molar-refractivity contribution in [3.8, 4) is 0 Å². The quantitative estimate of drug-likeness (QED) is 0.855. The van der Waals surface area contributed by atoms with Crippen molar-refractivity contribution in [1.29, 1.82) is 0 Å². The molecule has 7 nitrogen and oxygen atoms in total. The maximum Gasteiger partial charge on any atom is 0.401 e. The van der Waals surface area contributed by atoms with Crippen molar-refractivity contribution < 1.29 is 21.6 Å². The summed E-state index contributed by atoms with van der Waals surface area (Å²) in [6.07, 6.45) is -0.00707. The standard InChI is InChI=1S/C12H14F3N5O2S/c13-12(14,15)6-20-2-1-8(5-20)19-23(21,22)10-4-17-11-9(10)3-16-7-18-11/h3-4,7-8,19H,1-2,5-6H2,(H,16,17,18). The highest BCUT2D eigenvalue weighted by Crippen LogP contribution is 2.23. The second-order valence-electron chi connectivity index (χ2n) is 5.40. The average molecular weight is 349 g/mol. The Morgan fingerprint density at radius 3 is 2.96 bits per heavy atom. The van der Waals surface area contributed by atoms with Crippen LogP contribution in [-0.2, 0) is 10.0 Å². The van der Waals surface area contributed by atoms with E-state index in [1.807, 2.05) is 0 Å². The van der Waals surface area contributed by atoms with E-state index in [0.717, 1.165) is 0 Å². The van der Waals surface area contributed by atoms with Crippen molar-refractivity contribution in [2.24, 2.45) is 0 Å². The fourth-order valence-corrected chi connectivity index (χ4v) is 4.08. The van der Waals surface area contributed by atoms with Gasteiger partial charge in [0.05, 0.1) is 11.9 Å². The van der Waals surface area contributed by atoms with Crippen LogP contribution < -0.4 is 4.72 Å². The maximum absolute atomic E-state index is 12.4. The lowest BCUT2D eigenvalue weighted by Gasteiger charge is -2.18. The number of aromatic amines is 1. The molecule has 1 saturated heterocycles. The molecule has 1 aliphatic rings. The minimum absolute atomic E-state index is 0.0117. The van der Waals surface area contributed by atoms with Crippen LogP contribution in [0.25, 0.3) is 11.0 Å². The van der Waals surface area contributed by atoms with Gasteiger partial charge in [-0.05, 0) is 6.42 Å². The van der Waals surface area contributed by atoms with Gasteiger partial charge < -0.3 is 4.98 Å². The molecule has 1 unspecified atom stereocenters. The predicted octanol–water partition coefficient (Wildman–Crippen LogP) is 0.873. The van der Waals surface area contributed by atoms with Crippen molar-refractivity contribution in [2.75, 3.05) is 19.6 Å². The SMILES string of the molecule is O=S(=O)(NC1CCN(CC(F)(F)F)C1)c1c[nH]c2ncncc12. The molecule has 1 fully saturated rings. The van der Waals surface area contributed by atoms with Crippen LogP contribution in [0.3, 0.4) is 0 Å². The molecule has 0 radical (unpaired) electrons. The molecule has 2 N–H and O–H groups in total. The van der Waals surface area contributed by atoms with Crippen LogP contribution in [0, 0.1) is 0 Å². The first-order valence-corrected chi connectivity index (χ1v) is 8.31. The molecule has 11 heteroatoms. The van der Waals surface area contributed by atoms with Crippen molar-refractivity contribution in [3.63, 3.8) is 0 Å². The number of aromatic nitrogens is 3. The monoisotopic (exact) mass is 349 g/mol. The van der Waals surface area contributed by atoms with Crippen LogP contribution in [0.4, 0.5) is 13.2 Å². The Morgan fingerprint density at radius 1 is 1.43 bits per heavy atom. The van der Waals surface area contributed by atoms with Gasteiger partial charge in [-0.2, -0.15) is 13.2 Å². The molecule has 126 valence electrons. The molecule has 1 atom stereocenters. The molecule has 0 amide bonds. The van der Waals surface area contributed by atoms with E-state index in [0.29, 0.717) is 17.5 Å². The van der Waals surface area contributed by atoms with E-state index in [1.54, 1.807) is 0 Å². The van der Waals surface area contributed by atoms with Gasteiger partial charge >= 0.3 is 6.18 Å². The number of sulfonamides is 1. The van der Waals surface area contributed by atoms with E-state index < -0.39 is 28.8 Å². The molecule has 23 heavy (non-hydrogen) atoms. The lowest BCUT2D eigenvalue weighted by atomic mass is 10.3. The fourth-order valence-electron chi connectivity index (χ4n) is 2.67. The Morgan fingerprint density at radius 2 is 2.22 bits per heavy atom. The van der Waals surface area contributed by atoms with Crippen LogP contribution >= 0.6 is 0 Å². The van der Waals surface area contributed by atoms with Crippen LogP contribution in [0.2, 0.25) is 0 Å². The van der Waals surface area contributed by atoms with Gasteiger partial charge in [0.2, 0.25) is 10.0 Å². The van der Waals surface area contributed by atoms with Gasteiger partial charge in [-0.15, -0.1) is 0 Å². The lowest BCUT2D eigenvalue weighted by molar-refractivity contribution is -0.143. The Labute approximate surface area is 130 Å². The third-order valence-electron chi connectivity index (χ3n) is 3.60. The van der Waals surface area contributed by atoms with Gasteiger partial charge in [0.25, 0.3) is 0 Å². The second kappa shape index (κ2) is 5.73. The number of fused-ring (bicyclic) bond motifs is 1. The first-order valence-electron chi connectivity index (χ1n) is 6.83. The zero-order valence-electron chi connectivity index (χ0n) is 11.8. The van der Waals surface area contributed by atoms with E-state index in [-0.39, 0.29) is 18.0 Å². The van der Waals surface area contributed by atoms with Crippen molar-refractivity contribution in [3.05, 3.63) is 18.7 Å². The molecule has 1 aliphatic heterocycles. The van der Waals surface area contributed by atoms with E-state index in [2.05, 4.69) is 19.7 Å². The summed E-state index contributed by atoms with van der Waals surface area (Å²) in [7, 11) is -3.86. The summed E-state index contributed by atoms with van der Waals surface area (Å²) in [6.45, 7) is -0.812. The van der Waals surface area contributed by atoms with Crippen LogP contribution in [-0.4, -0.2) is 60.1 Å². The number of nitrogens with one attached hydrogen (secondary N) is 2. The van der Waals surface area contributed by atoms with Crippen molar-refractivity contribution in [2.45, 2.75) is 23.5 Å². The third-order valence-corrected chi connectivity index (χ3v) is 5.16. The van der Waals surface area contributed by atoms with Gasteiger partial charge in [0.1, 0.15) is 16.9 Å².